The number of halogens is 1. The van der Waals surface area contributed by atoms with Gasteiger partial charge in [-0.3, -0.25) is 4.98 Å². The number of benzene rings is 1. The molecule has 4 heteroatoms. The molecule has 1 aromatic carbocycles. The zero-order chi connectivity index (χ0) is 11.5. The number of rotatable bonds is 2. The molecular weight excluding hydrogens is 268 g/mol. The zero-order valence-corrected chi connectivity index (χ0v) is 10.7. The summed E-state index contributed by atoms with van der Waals surface area (Å²) in [5.41, 5.74) is 1.80. The maximum atomic E-state index is 5.62. The number of hydrogen-bond acceptors (Lipinski definition) is 3. The first kappa shape index (κ1) is 11.1. The van der Waals surface area contributed by atoms with Gasteiger partial charge in [-0.1, -0.05) is 12.1 Å². The van der Waals surface area contributed by atoms with Gasteiger partial charge in [-0.25, -0.2) is 4.98 Å². The molecule has 82 valence electrons. The Bertz CT molecular complexity index is 514. The molecule has 0 unspecified atom stereocenters. The van der Waals surface area contributed by atoms with Crippen LogP contribution in [0.5, 0.6) is 11.6 Å². The molecule has 0 fully saturated rings. The van der Waals surface area contributed by atoms with Gasteiger partial charge in [-0.05, 0) is 41.9 Å². The molecule has 0 atom stereocenters. The minimum Gasteiger partial charge on any atom is -0.436 e. The van der Waals surface area contributed by atoms with Crippen LogP contribution in [0.25, 0.3) is 0 Å². The Hall–Kier alpha value is -1.42. The first-order valence-electron chi connectivity index (χ1n) is 4.89. The van der Waals surface area contributed by atoms with Crippen molar-refractivity contribution in [2.75, 3.05) is 0 Å². The van der Waals surface area contributed by atoms with Crippen molar-refractivity contribution in [1.29, 1.82) is 0 Å². The van der Waals surface area contributed by atoms with Crippen LogP contribution in [-0.4, -0.2) is 9.97 Å². The molecule has 0 radical (unpaired) electrons. The van der Waals surface area contributed by atoms with Crippen LogP contribution >= 0.6 is 15.9 Å². The Morgan fingerprint density at radius 3 is 2.56 bits per heavy atom. The number of hydrogen-bond donors (Lipinski definition) is 0. The van der Waals surface area contributed by atoms with E-state index in [1.54, 1.807) is 6.20 Å². The van der Waals surface area contributed by atoms with Gasteiger partial charge in [-0.2, -0.15) is 0 Å². The highest BCUT2D eigenvalue weighted by molar-refractivity contribution is 9.10. The summed E-state index contributed by atoms with van der Waals surface area (Å²) in [6, 6.07) is 7.64. The molecule has 0 aliphatic rings. The van der Waals surface area contributed by atoms with Gasteiger partial charge in [0.05, 0.1) is 22.1 Å². The van der Waals surface area contributed by atoms with E-state index in [0.717, 1.165) is 21.6 Å². The summed E-state index contributed by atoms with van der Waals surface area (Å²) < 4.78 is 6.52. The van der Waals surface area contributed by atoms with Crippen LogP contribution in [0, 0.1) is 13.8 Å². The topological polar surface area (TPSA) is 35.0 Å². The van der Waals surface area contributed by atoms with Crippen molar-refractivity contribution >= 4 is 15.9 Å². The van der Waals surface area contributed by atoms with E-state index in [1.807, 2.05) is 38.1 Å². The second-order valence-electron chi connectivity index (χ2n) is 3.41. The van der Waals surface area contributed by atoms with Crippen LogP contribution in [0.1, 0.15) is 11.4 Å². The Kier molecular flexibility index (Phi) is 3.19. The molecular formula is C12H11BrN2O. The van der Waals surface area contributed by atoms with E-state index in [4.69, 9.17) is 4.74 Å². The van der Waals surface area contributed by atoms with Crippen molar-refractivity contribution in [3.8, 4) is 11.6 Å². The second-order valence-corrected chi connectivity index (χ2v) is 4.27. The van der Waals surface area contributed by atoms with Gasteiger partial charge < -0.3 is 4.74 Å². The van der Waals surface area contributed by atoms with E-state index >= 15 is 0 Å². The van der Waals surface area contributed by atoms with E-state index in [9.17, 15) is 0 Å². The number of para-hydroxylation sites is 1. The van der Waals surface area contributed by atoms with E-state index in [2.05, 4.69) is 25.9 Å². The summed E-state index contributed by atoms with van der Waals surface area (Å²) in [5, 5.41) is 0. The van der Waals surface area contributed by atoms with E-state index < -0.39 is 0 Å². The molecule has 2 aromatic rings. The third kappa shape index (κ3) is 2.39. The Morgan fingerprint density at radius 1 is 1.12 bits per heavy atom. The highest BCUT2D eigenvalue weighted by atomic mass is 79.9. The summed E-state index contributed by atoms with van der Waals surface area (Å²) in [5.74, 6) is 1.25. The fraction of sp³-hybridized carbons (Fsp3) is 0.167. The van der Waals surface area contributed by atoms with Gasteiger partial charge in [-0.15, -0.1) is 0 Å². The fourth-order valence-electron chi connectivity index (χ4n) is 1.21. The van der Waals surface area contributed by atoms with Crippen molar-refractivity contribution in [3.63, 3.8) is 0 Å². The average Bonchev–Trinajstić information content (AvgIpc) is 2.27. The molecule has 0 aliphatic heterocycles. The molecule has 0 saturated carbocycles. The highest BCUT2D eigenvalue weighted by Crippen LogP contribution is 2.27. The molecule has 3 nitrogen and oxygen atoms in total. The lowest BCUT2D eigenvalue weighted by atomic mass is 10.3. The fourth-order valence-corrected chi connectivity index (χ4v) is 1.58. The smallest absolute Gasteiger partial charge is 0.238 e. The Labute approximate surface area is 103 Å². The van der Waals surface area contributed by atoms with Gasteiger partial charge in [0.1, 0.15) is 5.75 Å². The largest absolute Gasteiger partial charge is 0.436 e. The maximum absolute atomic E-state index is 5.62. The second kappa shape index (κ2) is 4.61. The lowest BCUT2D eigenvalue weighted by Gasteiger charge is -2.07. The molecule has 1 aromatic heterocycles. The van der Waals surface area contributed by atoms with Crippen LogP contribution in [0.2, 0.25) is 0 Å². The molecule has 2 rings (SSSR count). The van der Waals surface area contributed by atoms with Crippen LogP contribution in [-0.2, 0) is 0 Å². The molecule has 1 heterocycles. The lowest BCUT2D eigenvalue weighted by molar-refractivity contribution is 0.455. The van der Waals surface area contributed by atoms with E-state index in [-0.39, 0.29) is 0 Å². The van der Waals surface area contributed by atoms with Gasteiger partial charge >= 0.3 is 0 Å². The highest BCUT2D eigenvalue weighted by Gasteiger charge is 2.04. The van der Waals surface area contributed by atoms with Crippen molar-refractivity contribution in [2.45, 2.75) is 13.8 Å². The van der Waals surface area contributed by atoms with Crippen molar-refractivity contribution in [1.82, 2.24) is 9.97 Å². The Morgan fingerprint density at radius 2 is 1.88 bits per heavy atom. The number of aromatic nitrogens is 2. The van der Waals surface area contributed by atoms with Crippen LogP contribution in [0.15, 0.2) is 34.9 Å². The number of nitrogens with zero attached hydrogens (tertiary/aromatic N) is 2. The molecule has 0 amide bonds. The molecule has 0 bridgehead atoms. The van der Waals surface area contributed by atoms with Crippen molar-refractivity contribution in [3.05, 3.63) is 46.3 Å². The maximum Gasteiger partial charge on any atom is 0.238 e. The Balaban J connectivity index is 2.28. The predicted molar refractivity (Wildman–Crippen MR) is 65.7 cm³/mol. The van der Waals surface area contributed by atoms with E-state index in [1.165, 1.54) is 0 Å². The standard InChI is InChI=1S/C12H11BrN2O/c1-8-9(2)15-12(7-14-8)16-11-6-4-3-5-10(11)13/h3-7H,1-2H3. The molecule has 0 N–H and O–H groups in total. The first-order chi connectivity index (χ1) is 7.66. The lowest BCUT2D eigenvalue weighted by Crippen LogP contribution is -1.95. The summed E-state index contributed by atoms with van der Waals surface area (Å²) >= 11 is 3.41. The number of aryl methyl sites for hydroxylation is 2. The van der Waals surface area contributed by atoms with Gasteiger partial charge in [0.2, 0.25) is 5.88 Å². The molecule has 0 aliphatic carbocycles. The van der Waals surface area contributed by atoms with Gasteiger partial charge in [0.15, 0.2) is 0 Å². The third-order valence-corrected chi connectivity index (χ3v) is 2.88. The van der Waals surface area contributed by atoms with Crippen LogP contribution in [0.4, 0.5) is 0 Å². The predicted octanol–water partition coefficient (Wildman–Crippen LogP) is 3.65. The summed E-state index contributed by atoms with van der Waals surface area (Å²) in [6.45, 7) is 3.83. The molecule has 0 saturated heterocycles. The minimum atomic E-state index is 0.509. The monoisotopic (exact) mass is 278 g/mol. The molecule has 16 heavy (non-hydrogen) atoms. The number of ether oxygens (including phenoxy) is 1. The van der Waals surface area contributed by atoms with Crippen LogP contribution in [0.3, 0.4) is 0 Å². The SMILES string of the molecule is Cc1ncc(Oc2ccccc2Br)nc1C. The zero-order valence-electron chi connectivity index (χ0n) is 9.07. The normalized spacial score (nSPS) is 10.2. The van der Waals surface area contributed by atoms with Gasteiger partial charge in [0.25, 0.3) is 0 Å². The van der Waals surface area contributed by atoms with Crippen LogP contribution < -0.4 is 4.74 Å². The van der Waals surface area contributed by atoms with Crippen molar-refractivity contribution < 1.29 is 4.74 Å². The first-order valence-corrected chi connectivity index (χ1v) is 5.69. The van der Waals surface area contributed by atoms with Gasteiger partial charge in [0, 0.05) is 0 Å². The summed E-state index contributed by atoms with van der Waals surface area (Å²) in [7, 11) is 0. The minimum absolute atomic E-state index is 0.509. The van der Waals surface area contributed by atoms with E-state index in [0.29, 0.717) is 5.88 Å². The summed E-state index contributed by atoms with van der Waals surface area (Å²) in [4.78, 5) is 8.51. The van der Waals surface area contributed by atoms with Crippen molar-refractivity contribution in [2.24, 2.45) is 0 Å². The quantitative estimate of drug-likeness (QED) is 0.841. The molecule has 0 spiro atoms. The summed E-state index contributed by atoms with van der Waals surface area (Å²) in [6.07, 6.45) is 1.63. The average molecular weight is 279 g/mol. The third-order valence-electron chi connectivity index (χ3n) is 2.22.